The summed E-state index contributed by atoms with van der Waals surface area (Å²) in [6.07, 6.45) is -5.36. The van der Waals surface area contributed by atoms with Crippen molar-refractivity contribution in [1.29, 1.82) is 0 Å². The summed E-state index contributed by atoms with van der Waals surface area (Å²) in [6.45, 7) is 1.24. The number of fused-ring (bicyclic) bond motifs is 1. The van der Waals surface area contributed by atoms with Crippen LogP contribution in [0.5, 0.6) is 5.75 Å². The van der Waals surface area contributed by atoms with E-state index in [1.165, 1.54) is 43.3 Å². The number of sulfonamides is 1. The van der Waals surface area contributed by atoms with E-state index < -0.39 is 28.1 Å². The first kappa shape index (κ1) is 26.4. The van der Waals surface area contributed by atoms with Crippen LogP contribution in [-0.4, -0.2) is 37.4 Å². The lowest BCUT2D eigenvalue weighted by Crippen LogP contribution is -2.32. The Hall–Kier alpha value is -3.70. The SMILES string of the molecule is CCN(c1ccccc1OC(F)(F)F)S(=O)(=O)c1cc(-c2[nH]c3ccccc3c2CC(=O)O)ccc1Cl. The zero-order valence-corrected chi connectivity index (χ0v) is 20.8. The van der Waals surface area contributed by atoms with Crippen molar-refractivity contribution in [2.45, 2.75) is 24.6 Å². The van der Waals surface area contributed by atoms with Gasteiger partial charge in [0.2, 0.25) is 0 Å². The highest BCUT2D eigenvalue weighted by Gasteiger charge is 2.35. The average Bonchev–Trinajstić information content (AvgIpc) is 3.17. The van der Waals surface area contributed by atoms with Gasteiger partial charge in [-0.2, -0.15) is 0 Å². The van der Waals surface area contributed by atoms with Crippen LogP contribution in [0.4, 0.5) is 18.9 Å². The van der Waals surface area contributed by atoms with Gasteiger partial charge in [-0.3, -0.25) is 9.10 Å². The number of carboxylic acids is 1. The number of aromatic nitrogens is 1. The number of ether oxygens (including phenoxy) is 1. The summed E-state index contributed by atoms with van der Waals surface area (Å²) in [5.41, 5.74) is 1.51. The summed E-state index contributed by atoms with van der Waals surface area (Å²) in [4.78, 5) is 14.3. The molecule has 0 unspecified atom stereocenters. The molecular formula is C25H20ClF3N2O5S. The van der Waals surface area contributed by atoms with Gasteiger partial charge >= 0.3 is 12.3 Å². The molecule has 37 heavy (non-hydrogen) atoms. The van der Waals surface area contributed by atoms with Crippen LogP contribution in [0.25, 0.3) is 22.2 Å². The summed E-state index contributed by atoms with van der Waals surface area (Å²) in [5, 5.41) is 9.95. The molecule has 0 spiro atoms. The highest BCUT2D eigenvalue weighted by atomic mass is 35.5. The van der Waals surface area contributed by atoms with Crippen molar-refractivity contribution in [2.75, 3.05) is 10.8 Å². The number of anilines is 1. The lowest BCUT2D eigenvalue weighted by molar-refractivity contribution is -0.274. The quantitative estimate of drug-likeness (QED) is 0.270. The summed E-state index contributed by atoms with van der Waals surface area (Å²) >= 11 is 6.28. The number of hydrogen-bond donors (Lipinski definition) is 2. The second-order valence-corrected chi connectivity index (χ2v) is 10.2. The molecule has 1 aromatic heterocycles. The second kappa shape index (κ2) is 9.98. The molecule has 0 aliphatic carbocycles. The number of nitrogens with one attached hydrogen (secondary N) is 1. The van der Waals surface area contributed by atoms with Crippen LogP contribution in [0.1, 0.15) is 12.5 Å². The number of alkyl halides is 3. The third kappa shape index (κ3) is 5.37. The number of H-pyrrole nitrogens is 1. The van der Waals surface area contributed by atoms with Crippen molar-refractivity contribution >= 4 is 44.2 Å². The molecule has 2 N–H and O–H groups in total. The van der Waals surface area contributed by atoms with Crippen molar-refractivity contribution in [3.05, 3.63) is 77.3 Å². The largest absolute Gasteiger partial charge is 0.573 e. The molecule has 7 nitrogen and oxygen atoms in total. The fourth-order valence-electron chi connectivity index (χ4n) is 4.10. The molecule has 0 radical (unpaired) electrons. The molecule has 0 saturated carbocycles. The third-order valence-corrected chi connectivity index (χ3v) is 7.95. The van der Waals surface area contributed by atoms with E-state index in [2.05, 4.69) is 9.72 Å². The molecule has 0 saturated heterocycles. The van der Waals surface area contributed by atoms with E-state index >= 15 is 0 Å². The monoisotopic (exact) mass is 552 g/mol. The number of aromatic amines is 1. The minimum Gasteiger partial charge on any atom is -0.481 e. The number of nitrogens with zero attached hydrogens (tertiary/aromatic N) is 1. The van der Waals surface area contributed by atoms with Crippen molar-refractivity contribution in [2.24, 2.45) is 0 Å². The van der Waals surface area contributed by atoms with Gasteiger partial charge in [0.25, 0.3) is 10.0 Å². The Morgan fingerprint density at radius 1 is 1.08 bits per heavy atom. The predicted octanol–water partition coefficient (Wildman–Crippen LogP) is 6.23. The van der Waals surface area contributed by atoms with Gasteiger partial charge in [0.1, 0.15) is 4.90 Å². The first-order valence-corrected chi connectivity index (χ1v) is 12.7. The number of para-hydroxylation sites is 3. The minimum absolute atomic E-state index is 0.160. The van der Waals surface area contributed by atoms with Gasteiger partial charge in [0.05, 0.1) is 22.8 Å². The maximum Gasteiger partial charge on any atom is 0.573 e. The van der Waals surface area contributed by atoms with Crippen LogP contribution in [0, 0.1) is 0 Å². The molecule has 0 fully saturated rings. The summed E-state index contributed by atoms with van der Waals surface area (Å²) in [6, 6.07) is 16.1. The zero-order valence-electron chi connectivity index (χ0n) is 19.2. The Morgan fingerprint density at radius 3 is 2.43 bits per heavy atom. The lowest BCUT2D eigenvalue weighted by atomic mass is 10.0. The van der Waals surface area contributed by atoms with E-state index in [0.29, 0.717) is 27.7 Å². The van der Waals surface area contributed by atoms with E-state index in [9.17, 15) is 31.5 Å². The van der Waals surface area contributed by atoms with E-state index in [1.807, 2.05) is 0 Å². The summed E-state index contributed by atoms with van der Waals surface area (Å²) in [5.74, 6) is -1.77. The summed E-state index contributed by atoms with van der Waals surface area (Å²) in [7, 11) is -4.49. The first-order chi connectivity index (χ1) is 17.4. The van der Waals surface area contributed by atoms with Gasteiger partial charge in [-0.1, -0.05) is 48.0 Å². The molecule has 0 aliphatic rings. The maximum absolute atomic E-state index is 13.7. The van der Waals surface area contributed by atoms with E-state index in [-0.39, 0.29) is 28.6 Å². The molecule has 0 aliphatic heterocycles. The number of benzene rings is 3. The van der Waals surface area contributed by atoms with Crippen LogP contribution in [0.15, 0.2) is 71.6 Å². The van der Waals surface area contributed by atoms with Gasteiger partial charge < -0.3 is 14.8 Å². The molecule has 0 bridgehead atoms. The van der Waals surface area contributed by atoms with E-state index in [0.717, 1.165) is 10.4 Å². The highest BCUT2D eigenvalue weighted by molar-refractivity contribution is 7.93. The average molecular weight is 553 g/mol. The van der Waals surface area contributed by atoms with Crippen molar-refractivity contribution in [3.63, 3.8) is 0 Å². The number of aliphatic carboxylic acids is 1. The van der Waals surface area contributed by atoms with Crippen LogP contribution >= 0.6 is 11.6 Å². The Morgan fingerprint density at radius 2 is 1.76 bits per heavy atom. The first-order valence-electron chi connectivity index (χ1n) is 10.9. The fraction of sp³-hybridized carbons (Fsp3) is 0.160. The Bertz CT molecular complexity index is 1580. The third-order valence-electron chi connectivity index (χ3n) is 5.58. The minimum atomic E-state index is -5.03. The number of carbonyl (C=O) groups is 1. The smallest absolute Gasteiger partial charge is 0.481 e. The van der Waals surface area contributed by atoms with Crippen LogP contribution < -0.4 is 9.04 Å². The van der Waals surface area contributed by atoms with E-state index in [1.54, 1.807) is 24.3 Å². The lowest BCUT2D eigenvalue weighted by Gasteiger charge is -2.26. The van der Waals surface area contributed by atoms with Crippen molar-refractivity contribution < 1.29 is 36.2 Å². The number of carboxylic acid groups (broad SMARTS) is 1. The van der Waals surface area contributed by atoms with Crippen LogP contribution in [0.3, 0.4) is 0 Å². The maximum atomic E-state index is 13.7. The molecular weight excluding hydrogens is 533 g/mol. The van der Waals surface area contributed by atoms with Gasteiger partial charge in [0.15, 0.2) is 5.75 Å². The van der Waals surface area contributed by atoms with Crippen LogP contribution in [0.2, 0.25) is 5.02 Å². The van der Waals surface area contributed by atoms with Gasteiger partial charge in [-0.25, -0.2) is 8.42 Å². The molecule has 4 aromatic rings. The Balaban J connectivity index is 1.86. The molecule has 4 rings (SSSR count). The molecule has 0 atom stereocenters. The van der Waals surface area contributed by atoms with Crippen molar-refractivity contribution in [1.82, 2.24) is 4.98 Å². The Kier molecular flexibility index (Phi) is 7.11. The Labute approximate surface area is 215 Å². The molecule has 12 heteroatoms. The van der Waals surface area contributed by atoms with Gasteiger partial charge in [-0.15, -0.1) is 13.2 Å². The number of hydrogen-bond acceptors (Lipinski definition) is 4. The predicted molar refractivity (Wildman–Crippen MR) is 133 cm³/mol. The standard InChI is InChI=1S/C25H20ClF3N2O5S/c1-2-31(20-9-5-6-10-21(20)36-25(27,28)29)37(34,35)22-13-15(11-12-18(22)26)24-17(14-23(32)33)16-7-3-4-8-19(16)30-24/h3-13,30H,2,14H2,1H3,(H,32,33). The van der Waals surface area contributed by atoms with Gasteiger partial charge in [0, 0.05) is 17.4 Å². The zero-order chi connectivity index (χ0) is 27.0. The second-order valence-electron chi connectivity index (χ2n) is 7.93. The highest BCUT2D eigenvalue weighted by Crippen LogP contribution is 2.39. The van der Waals surface area contributed by atoms with Crippen molar-refractivity contribution in [3.8, 4) is 17.0 Å². The topological polar surface area (TPSA) is 99.7 Å². The van der Waals surface area contributed by atoms with Gasteiger partial charge in [-0.05, 0) is 48.4 Å². The van der Waals surface area contributed by atoms with E-state index in [4.69, 9.17) is 11.6 Å². The number of rotatable bonds is 8. The molecule has 3 aromatic carbocycles. The fourth-order valence-corrected chi connectivity index (χ4v) is 6.09. The molecule has 194 valence electrons. The number of halogens is 4. The summed E-state index contributed by atoms with van der Waals surface area (Å²) < 4.78 is 71.2. The molecule has 1 heterocycles. The molecule has 0 amide bonds. The van der Waals surface area contributed by atoms with Crippen LogP contribution in [-0.2, 0) is 21.2 Å². The normalized spacial score (nSPS) is 12.0.